The molecule has 8 heteroatoms. The smallest absolute Gasteiger partial charge is 0.237 e. The van der Waals surface area contributed by atoms with Crippen molar-refractivity contribution in [2.75, 3.05) is 0 Å². The van der Waals surface area contributed by atoms with Crippen LogP contribution < -0.4 is 16.9 Å². The molecule has 84 valence electrons. The zero-order valence-corrected chi connectivity index (χ0v) is 8.25. The molecular formula is C8H11N7O. The lowest BCUT2D eigenvalue weighted by molar-refractivity contribution is 0.232. The van der Waals surface area contributed by atoms with Gasteiger partial charge < -0.3 is 11.5 Å². The number of amidine groups is 1. The van der Waals surface area contributed by atoms with E-state index in [1.54, 1.807) is 23.7 Å². The van der Waals surface area contributed by atoms with Crippen LogP contribution in [0.1, 0.15) is 11.4 Å². The maximum atomic E-state index is 8.31. The first-order valence-electron chi connectivity index (χ1n) is 4.21. The van der Waals surface area contributed by atoms with Gasteiger partial charge in [0.1, 0.15) is 11.5 Å². The molecule has 16 heavy (non-hydrogen) atoms. The van der Waals surface area contributed by atoms with Crippen LogP contribution in [-0.2, 0) is 0 Å². The van der Waals surface area contributed by atoms with Gasteiger partial charge in [0.05, 0.1) is 11.9 Å². The Balaban J connectivity index is 2.82. The van der Waals surface area contributed by atoms with Gasteiger partial charge in [0.25, 0.3) is 0 Å². The van der Waals surface area contributed by atoms with Crippen LogP contribution in [-0.4, -0.2) is 28.2 Å². The summed E-state index contributed by atoms with van der Waals surface area (Å²) in [7, 11) is 0. The quantitative estimate of drug-likeness (QED) is 0.252. The van der Waals surface area contributed by atoms with Gasteiger partial charge >= 0.3 is 0 Å². The van der Waals surface area contributed by atoms with Crippen LogP contribution in [0.3, 0.4) is 0 Å². The number of pyridine rings is 1. The third-order valence-electron chi connectivity index (χ3n) is 1.52. The van der Waals surface area contributed by atoms with E-state index in [9.17, 15) is 0 Å². The van der Waals surface area contributed by atoms with Crippen LogP contribution in [0.4, 0.5) is 0 Å². The number of nitrogens with one attached hydrogen (secondary N) is 2. The van der Waals surface area contributed by atoms with Crippen molar-refractivity contribution in [1.29, 1.82) is 5.41 Å². The number of hydrogen-bond acceptors (Lipinski definition) is 5. The first kappa shape index (κ1) is 11.6. The second-order valence-corrected chi connectivity index (χ2v) is 2.70. The first-order chi connectivity index (χ1) is 7.63. The number of nitrogens with zero attached hydrogens (tertiary/aromatic N) is 3. The summed E-state index contributed by atoms with van der Waals surface area (Å²) in [6, 6.07) is 4.95. The van der Waals surface area contributed by atoms with Crippen LogP contribution in [0.25, 0.3) is 0 Å². The van der Waals surface area contributed by atoms with Crippen LogP contribution in [0.5, 0.6) is 0 Å². The van der Waals surface area contributed by atoms with Crippen molar-refractivity contribution in [2.24, 2.45) is 21.7 Å². The van der Waals surface area contributed by atoms with Gasteiger partial charge in [-0.1, -0.05) is 6.07 Å². The van der Waals surface area contributed by atoms with Gasteiger partial charge in [-0.25, -0.2) is 10.5 Å². The van der Waals surface area contributed by atoms with E-state index < -0.39 is 0 Å². The molecule has 0 aliphatic heterocycles. The van der Waals surface area contributed by atoms with Gasteiger partial charge in [-0.2, -0.15) is 5.10 Å². The molecule has 1 aromatic heterocycles. The molecule has 7 N–H and O–H groups in total. The average molecular weight is 221 g/mol. The van der Waals surface area contributed by atoms with Gasteiger partial charge in [0.2, 0.25) is 5.96 Å². The number of guanidine groups is 1. The highest BCUT2D eigenvalue weighted by molar-refractivity contribution is 5.93. The highest BCUT2D eigenvalue weighted by atomic mass is 16.5. The van der Waals surface area contributed by atoms with E-state index in [2.05, 4.69) is 15.2 Å². The zero-order valence-electron chi connectivity index (χ0n) is 8.25. The van der Waals surface area contributed by atoms with Crippen molar-refractivity contribution < 1.29 is 5.21 Å². The summed E-state index contributed by atoms with van der Waals surface area (Å²) in [6.45, 7) is 0. The molecule has 0 spiro atoms. The molecule has 1 heterocycles. The molecule has 0 aromatic carbocycles. The minimum atomic E-state index is -0.237. The molecule has 0 unspecified atom stereocenters. The maximum absolute atomic E-state index is 8.31. The molecule has 0 bridgehead atoms. The third-order valence-corrected chi connectivity index (χ3v) is 1.52. The fourth-order valence-electron chi connectivity index (χ4n) is 0.846. The summed E-state index contributed by atoms with van der Waals surface area (Å²) in [5, 5.41) is 22.4. The molecule has 0 saturated carbocycles. The van der Waals surface area contributed by atoms with Crippen molar-refractivity contribution in [1.82, 2.24) is 10.5 Å². The topological polar surface area (TPSA) is 146 Å². The number of hydrogen-bond donors (Lipinski definition) is 5. The average Bonchev–Trinajstić information content (AvgIpc) is 2.29. The first-order valence-corrected chi connectivity index (χ1v) is 4.21. The fraction of sp³-hybridized carbons (Fsp3) is 0. The van der Waals surface area contributed by atoms with Crippen LogP contribution in [0.2, 0.25) is 0 Å². The molecule has 0 amide bonds. The summed E-state index contributed by atoms with van der Waals surface area (Å²) >= 11 is 0. The van der Waals surface area contributed by atoms with E-state index >= 15 is 0 Å². The van der Waals surface area contributed by atoms with E-state index in [1.807, 2.05) is 0 Å². The van der Waals surface area contributed by atoms with Gasteiger partial charge in [-0.05, 0) is 12.1 Å². The minimum Gasteiger partial charge on any atom is -0.382 e. The number of rotatable bonds is 3. The van der Waals surface area contributed by atoms with Crippen LogP contribution in [0, 0.1) is 5.41 Å². The van der Waals surface area contributed by atoms with E-state index in [0.29, 0.717) is 11.4 Å². The molecule has 0 saturated heterocycles. The predicted molar refractivity (Wildman–Crippen MR) is 59.4 cm³/mol. The van der Waals surface area contributed by atoms with Crippen molar-refractivity contribution >= 4 is 18.0 Å². The fourth-order valence-corrected chi connectivity index (χ4v) is 0.846. The van der Waals surface area contributed by atoms with Gasteiger partial charge in [-0.3, -0.25) is 10.6 Å². The molecule has 0 aliphatic carbocycles. The van der Waals surface area contributed by atoms with Crippen LogP contribution in [0.15, 0.2) is 28.4 Å². The lowest BCUT2D eigenvalue weighted by atomic mass is 10.3. The Bertz CT molecular complexity index is 440. The van der Waals surface area contributed by atoms with Crippen molar-refractivity contribution in [3.63, 3.8) is 0 Å². The van der Waals surface area contributed by atoms with E-state index in [-0.39, 0.29) is 11.8 Å². The van der Waals surface area contributed by atoms with Gasteiger partial charge in [0.15, 0.2) is 0 Å². The molecule has 0 fully saturated rings. The van der Waals surface area contributed by atoms with E-state index in [1.165, 1.54) is 6.21 Å². The Kier molecular flexibility index (Phi) is 3.92. The molecule has 1 rings (SSSR count). The molecular weight excluding hydrogens is 210 g/mol. The molecule has 0 radical (unpaired) electrons. The number of nitrogens with two attached hydrogens (primary N) is 2. The Morgan fingerprint density at radius 2 is 2.25 bits per heavy atom. The van der Waals surface area contributed by atoms with Crippen molar-refractivity contribution in [3.05, 3.63) is 29.6 Å². The molecule has 1 aromatic rings. The largest absolute Gasteiger partial charge is 0.382 e. The lowest BCUT2D eigenvalue weighted by Crippen LogP contribution is -2.27. The molecule has 0 aliphatic rings. The standard InChI is InChI=1S/C8H11N7O/c9-7(10)6-3-1-2-5(13-6)4-12-14-8(11)15-16/h1-4,16H,(H3,9,10)(H3,11,14,15)/b12-4+. The van der Waals surface area contributed by atoms with Gasteiger partial charge in [-0.15, -0.1) is 5.10 Å². The normalized spacial score (nSPS) is 11.7. The summed E-state index contributed by atoms with van der Waals surface area (Å²) < 4.78 is 0. The SMILES string of the molecule is N=C(N)c1cccc(/C=N/N=C(/N)NO)n1. The molecule has 0 atom stereocenters. The summed E-state index contributed by atoms with van der Waals surface area (Å²) in [5.41, 5.74) is 12.8. The van der Waals surface area contributed by atoms with Gasteiger partial charge in [0, 0.05) is 0 Å². The second-order valence-electron chi connectivity index (χ2n) is 2.70. The second kappa shape index (κ2) is 5.41. The van der Waals surface area contributed by atoms with E-state index in [4.69, 9.17) is 22.1 Å². The minimum absolute atomic E-state index is 0.129. The Hall–Kier alpha value is -2.48. The maximum Gasteiger partial charge on any atom is 0.237 e. The van der Waals surface area contributed by atoms with Crippen molar-refractivity contribution in [2.45, 2.75) is 0 Å². The number of aromatic nitrogens is 1. The molecule has 8 nitrogen and oxygen atoms in total. The highest BCUT2D eigenvalue weighted by Crippen LogP contribution is 1.96. The third kappa shape index (κ3) is 3.35. The monoisotopic (exact) mass is 221 g/mol. The number of hydroxylamine groups is 1. The Morgan fingerprint density at radius 3 is 2.88 bits per heavy atom. The summed E-state index contributed by atoms with van der Waals surface area (Å²) in [4.78, 5) is 4.00. The highest BCUT2D eigenvalue weighted by Gasteiger charge is 1.97. The predicted octanol–water partition coefficient (Wildman–Crippen LogP) is -1.01. The lowest BCUT2D eigenvalue weighted by Gasteiger charge is -1.97. The summed E-state index contributed by atoms with van der Waals surface area (Å²) in [6.07, 6.45) is 1.32. The van der Waals surface area contributed by atoms with E-state index in [0.717, 1.165) is 0 Å². The summed E-state index contributed by atoms with van der Waals surface area (Å²) in [5.74, 6) is -0.366. The Labute approximate surface area is 91.2 Å². The number of nitrogen functional groups attached to an aromatic ring is 1. The van der Waals surface area contributed by atoms with Crippen molar-refractivity contribution in [3.8, 4) is 0 Å². The Morgan fingerprint density at radius 1 is 1.50 bits per heavy atom. The zero-order chi connectivity index (χ0) is 12.0. The van der Waals surface area contributed by atoms with Crippen LogP contribution >= 0.6 is 0 Å².